The molecule has 0 aromatic heterocycles. The number of hydrogen-bond acceptors (Lipinski definition) is 2. The van der Waals surface area contributed by atoms with Crippen LogP contribution < -0.4 is 4.90 Å². The van der Waals surface area contributed by atoms with Crippen LogP contribution in [0.1, 0.15) is 38.2 Å². The number of benzene rings is 1. The van der Waals surface area contributed by atoms with Crippen molar-refractivity contribution >= 4 is 17.5 Å². The summed E-state index contributed by atoms with van der Waals surface area (Å²) in [5.74, 6) is 0.600. The van der Waals surface area contributed by atoms with Crippen molar-refractivity contribution in [1.29, 1.82) is 0 Å². The first-order valence-corrected chi connectivity index (χ1v) is 6.79. The van der Waals surface area contributed by atoms with Crippen molar-refractivity contribution < 1.29 is 9.59 Å². The number of hydrogen-bond donors (Lipinski definition) is 0. The highest BCUT2D eigenvalue weighted by molar-refractivity contribution is 6.02. The molecule has 1 atom stereocenters. The summed E-state index contributed by atoms with van der Waals surface area (Å²) in [6.45, 7) is 4.52. The Balaban J connectivity index is 1.89. The van der Waals surface area contributed by atoms with Gasteiger partial charge in [-0.05, 0) is 30.0 Å². The first kappa shape index (κ1) is 12.2. The molecule has 1 aromatic rings. The summed E-state index contributed by atoms with van der Waals surface area (Å²) in [5, 5.41) is 0. The molecule has 2 heterocycles. The molecule has 1 unspecified atom stereocenters. The van der Waals surface area contributed by atoms with Gasteiger partial charge in [0.1, 0.15) is 12.7 Å². The number of anilines is 1. The third-order valence-electron chi connectivity index (χ3n) is 4.01. The van der Waals surface area contributed by atoms with Crippen molar-refractivity contribution in [2.75, 3.05) is 11.4 Å². The van der Waals surface area contributed by atoms with Gasteiger partial charge in [-0.2, -0.15) is 0 Å². The number of rotatable bonds is 2. The Hall–Kier alpha value is -1.84. The van der Waals surface area contributed by atoms with Gasteiger partial charge in [-0.15, -0.1) is 0 Å². The van der Waals surface area contributed by atoms with Crippen LogP contribution in [-0.4, -0.2) is 29.4 Å². The summed E-state index contributed by atoms with van der Waals surface area (Å²) in [5.41, 5.74) is 2.16. The van der Waals surface area contributed by atoms with E-state index in [1.807, 2.05) is 12.1 Å². The average molecular weight is 258 g/mol. The third-order valence-corrected chi connectivity index (χ3v) is 4.01. The zero-order valence-electron chi connectivity index (χ0n) is 11.3. The number of carbonyl (C=O) groups excluding carboxylic acids is 2. The van der Waals surface area contributed by atoms with E-state index in [2.05, 4.69) is 26.0 Å². The van der Waals surface area contributed by atoms with E-state index in [1.54, 1.807) is 9.80 Å². The van der Waals surface area contributed by atoms with Crippen LogP contribution in [0.25, 0.3) is 0 Å². The van der Waals surface area contributed by atoms with Crippen molar-refractivity contribution in [3.05, 3.63) is 29.8 Å². The molecule has 2 saturated heterocycles. The van der Waals surface area contributed by atoms with E-state index in [1.165, 1.54) is 5.56 Å². The molecule has 3 rings (SSSR count). The number of nitrogens with zero attached hydrogens (tertiary/aromatic N) is 2. The minimum absolute atomic E-state index is 0.0235. The SMILES string of the molecule is CC(C)c1ccc(N2C(=O)CN3C(=O)CCC32)cc1. The van der Waals surface area contributed by atoms with E-state index < -0.39 is 0 Å². The highest BCUT2D eigenvalue weighted by atomic mass is 16.2. The number of amides is 2. The summed E-state index contributed by atoms with van der Waals surface area (Å²) in [7, 11) is 0. The molecule has 0 radical (unpaired) electrons. The Kier molecular flexibility index (Phi) is 2.81. The molecular formula is C15H18N2O2. The van der Waals surface area contributed by atoms with Crippen LogP contribution in [0.4, 0.5) is 5.69 Å². The van der Waals surface area contributed by atoms with E-state index in [0.29, 0.717) is 12.3 Å². The molecule has 2 amide bonds. The number of fused-ring (bicyclic) bond motifs is 1. The Morgan fingerprint density at radius 2 is 1.79 bits per heavy atom. The fourth-order valence-electron chi connectivity index (χ4n) is 2.90. The third kappa shape index (κ3) is 1.91. The average Bonchev–Trinajstić information content (AvgIpc) is 2.89. The summed E-state index contributed by atoms with van der Waals surface area (Å²) in [6.07, 6.45) is 1.24. The van der Waals surface area contributed by atoms with E-state index in [4.69, 9.17) is 0 Å². The topological polar surface area (TPSA) is 40.6 Å². The molecule has 0 saturated carbocycles. The molecule has 4 nitrogen and oxygen atoms in total. The van der Waals surface area contributed by atoms with Gasteiger partial charge in [0.05, 0.1) is 0 Å². The lowest BCUT2D eigenvalue weighted by Gasteiger charge is -2.24. The van der Waals surface area contributed by atoms with Crippen molar-refractivity contribution in [3.8, 4) is 0 Å². The minimum atomic E-state index is -0.0649. The van der Waals surface area contributed by atoms with Gasteiger partial charge in [-0.1, -0.05) is 26.0 Å². The highest BCUT2D eigenvalue weighted by Crippen LogP contribution is 2.32. The zero-order chi connectivity index (χ0) is 13.6. The van der Waals surface area contributed by atoms with Crippen LogP contribution in [0.15, 0.2) is 24.3 Å². The molecule has 2 aliphatic heterocycles. The van der Waals surface area contributed by atoms with Crippen LogP contribution in [0.5, 0.6) is 0 Å². The van der Waals surface area contributed by atoms with Crippen molar-refractivity contribution in [1.82, 2.24) is 4.90 Å². The Labute approximate surface area is 113 Å². The summed E-state index contributed by atoms with van der Waals surface area (Å²) < 4.78 is 0. The molecule has 0 aliphatic carbocycles. The minimum Gasteiger partial charge on any atom is -0.312 e. The summed E-state index contributed by atoms with van der Waals surface area (Å²) in [6, 6.07) is 8.10. The lowest BCUT2D eigenvalue weighted by atomic mass is 10.0. The molecule has 100 valence electrons. The van der Waals surface area contributed by atoms with Crippen LogP contribution in [0.3, 0.4) is 0 Å². The maximum Gasteiger partial charge on any atom is 0.248 e. The molecule has 4 heteroatoms. The lowest BCUT2D eigenvalue weighted by Crippen LogP contribution is -2.36. The van der Waals surface area contributed by atoms with Crippen molar-refractivity contribution in [2.45, 2.75) is 38.8 Å². The quantitative estimate of drug-likeness (QED) is 0.815. The molecule has 2 fully saturated rings. The van der Waals surface area contributed by atoms with Gasteiger partial charge >= 0.3 is 0 Å². The van der Waals surface area contributed by atoms with E-state index >= 15 is 0 Å². The maximum absolute atomic E-state index is 12.1. The summed E-state index contributed by atoms with van der Waals surface area (Å²) >= 11 is 0. The van der Waals surface area contributed by atoms with Crippen LogP contribution in [0, 0.1) is 0 Å². The fraction of sp³-hybridized carbons (Fsp3) is 0.467. The highest BCUT2D eigenvalue weighted by Gasteiger charge is 2.45. The smallest absolute Gasteiger partial charge is 0.248 e. The first-order chi connectivity index (χ1) is 9.08. The second kappa shape index (κ2) is 4.37. The second-order valence-electron chi connectivity index (χ2n) is 5.55. The van der Waals surface area contributed by atoms with E-state index in [9.17, 15) is 9.59 Å². The molecule has 1 aromatic carbocycles. The Morgan fingerprint density at radius 1 is 1.11 bits per heavy atom. The van der Waals surface area contributed by atoms with Gasteiger partial charge in [0, 0.05) is 12.1 Å². The van der Waals surface area contributed by atoms with Gasteiger partial charge in [-0.25, -0.2) is 0 Å². The largest absolute Gasteiger partial charge is 0.312 e. The molecule has 0 bridgehead atoms. The first-order valence-electron chi connectivity index (χ1n) is 6.79. The van der Waals surface area contributed by atoms with E-state index in [-0.39, 0.29) is 24.5 Å². The standard InChI is InChI=1S/C15H18N2O2/c1-10(2)11-3-5-12(6-4-11)17-13-7-8-14(18)16(13)9-15(17)19/h3-6,10,13H,7-9H2,1-2H3. The predicted molar refractivity (Wildman–Crippen MR) is 72.8 cm³/mol. The number of carbonyl (C=O) groups is 2. The van der Waals surface area contributed by atoms with Crippen molar-refractivity contribution in [3.63, 3.8) is 0 Å². The van der Waals surface area contributed by atoms with Gasteiger partial charge in [-0.3, -0.25) is 14.5 Å². The maximum atomic E-state index is 12.1. The van der Waals surface area contributed by atoms with Crippen LogP contribution >= 0.6 is 0 Å². The van der Waals surface area contributed by atoms with E-state index in [0.717, 1.165) is 12.1 Å². The monoisotopic (exact) mass is 258 g/mol. The fourth-order valence-corrected chi connectivity index (χ4v) is 2.90. The zero-order valence-corrected chi connectivity index (χ0v) is 11.3. The Morgan fingerprint density at radius 3 is 2.42 bits per heavy atom. The van der Waals surface area contributed by atoms with Gasteiger partial charge < -0.3 is 4.90 Å². The predicted octanol–water partition coefficient (Wildman–Crippen LogP) is 2.11. The van der Waals surface area contributed by atoms with Gasteiger partial charge in [0.25, 0.3) is 0 Å². The van der Waals surface area contributed by atoms with Crippen molar-refractivity contribution in [2.24, 2.45) is 0 Å². The lowest BCUT2D eigenvalue weighted by molar-refractivity contribution is -0.129. The molecule has 2 aliphatic rings. The van der Waals surface area contributed by atoms with Crippen LogP contribution in [-0.2, 0) is 9.59 Å². The summed E-state index contributed by atoms with van der Waals surface area (Å²) in [4.78, 5) is 27.2. The van der Waals surface area contributed by atoms with Gasteiger partial charge in [0.2, 0.25) is 11.8 Å². The van der Waals surface area contributed by atoms with Crippen LogP contribution in [0.2, 0.25) is 0 Å². The Bertz CT molecular complexity index is 521. The second-order valence-corrected chi connectivity index (χ2v) is 5.55. The molecular weight excluding hydrogens is 240 g/mol. The molecule has 0 N–H and O–H groups in total. The molecule has 19 heavy (non-hydrogen) atoms. The normalized spacial score (nSPS) is 22.6. The van der Waals surface area contributed by atoms with Gasteiger partial charge in [0.15, 0.2) is 0 Å². The molecule has 0 spiro atoms.